The summed E-state index contributed by atoms with van der Waals surface area (Å²) in [6.45, 7) is 2.16. The molecule has 2 aromatic carbocycles. The first-order chi connectivity index (χ1) is 15.7. The number of ether oxygens (including phenoxy) is 1. The molecular formula is C26H35IN4O2. The van der Waals surface area contributed by atoms with Gasteiger partial charge in [0.25, 0.3) is 5.91 Å². The number of carbonyl (C=O) groups is 1. The molecule has 4 rings (SSSR count). The van der Waals surface area contributed by atoms with E-state index in [1.807, 2.05) is 24.3 Å². The number of aliphatic imine (C=N–C) groups is 1. The standard InChI is InChI=1S/C26H34N4O2.HI/c1-27-25(29-19-26(14-5-6-15-26)21-10-3-2-4-11-21)28-18-20-9-7-12-22(17-20)30-24(31)23-13-8-16-32-23;/h2-4,7,9-12,17,23H,5-6,8,13-16,18-19H2,1H3,(H,30,31)(H2,27,28,29);1H. The minimum Gasteiger partial charge on any atom is -0.368 e. The zero-order chi connectivity index (χ0) is 22.2. The Hall–Kier alpha value is -2.13. The molecule has 1 unspecified atom stereocenters. The summed E-state index contributed by atoms with van der Waals surface area (Å²) in [5, 5.41) is 9.95. The van der Waals surface area contributed by atoms with Gasteiger partial charge in [-0.05, 0) is 48.9 Å². The zero-order valence-corrected chi connectivity index (χ0v) is 21.6. The summed E-state index contributed by atoms with van der Waals surface area (Å²) in [6.07, 6.45) is 6.35. The molecule has 2 aliphatic rings. The molecule has 3 N–H and O–H groups in total. The van der Waals surface area contributed by atoms with Crippen molar-refractivity contribution >= 4 is 41.5 Å². The van der Waals surface area contributed by atoms with E-state index in [1.165, 1.54) is 31.2 Å². The molecule has 1 saturated carbocycles. The van der Waals surface area contributed by atoms with E-state index < -0.39 is 0 Å². The van der Waals surface area contributed by atoms with E-state index in [4.69, 9.17) is 4.74 Å². The van der Waals surface area contributed by atoms with Crippen molar-refractivity contribution in [1.29, 1.82) is 0 Å². The Bertz CT molecular complexity index is 923. The summed E-state index contributed by atoms with van der Waals surface area (Å²) in [4.78, 5) is 16.7. The molecule has 33 heavy (non-hydrogen) atoms. The van der Waals surface area contributed by atoms with Crippen LogP contribution in [-0.4, -0.2) is 38.2 Å². The third-order valence-electron chi connectivity index (χ3n) is 6.64. The molecule has 7 heteroatoms. The quantitative estimate of drug-likeness (QED) is 0.262. The van der Waals surface area contributed by atoms with Crippen molar-refractivity contribution in [2.45, 2.75) is 56.6 Å². The van der Waals surface area contributed by atoms with E-state index in [9.17, 15) is 4.79 Å². The number of nitrogens with one attached hydrogen (secondary N) is 3. The van der Waals surface area contributed by atoms with Gasteiger partial charge in [0.1, 0.15) is 6.10 Å². The molecular weight excluding hydrogens is 527 g/mol. The second-order valence-electron chi connectivity index (χ2n) is 8.82. The summed E-state index contributed by atoms with van der Waals surface area (Å²) in [6, 6.07) is 18.8. The molecule has 1 atom stereocenters. The van der Waals surface area contributed by atoms with Crippen LogP contribution in [-0.2, 0) is 21.5 Å². The number of amides is 1. The lowest BCUT2D eigenvalue weighted by atomic mass is 9.79. The first kappa shape index (κ1) is 25.5. The summed E-state index contributed by atoms with van der Waals surface area (Å²) >= 11 is 0. The highest BCUT2D eigenvalue weighted by atomic mass is 127. The van der Waals surface area contributed by atoms with E-state index in [0.29, 0.717) is 13.2 Å². The highest BCUT2D eigenvalue weighted by Crippen LogP contribution is 2.40. The molecule has 1 aliphatic heterocycles. The van der Waals surface area contributed by atoms with Gasteiger partial charge >= 0.3 is 0 Å². The summed E-state index contributed by atoms with van der Waals surface area (Å²) < 4.78 is 5.47. The summed E-state index contributed by atoms with van der Waals surface area (Å²) in [7, 11) is 1.80. The number of hydrogen-bond acceptors (Lipinski definition) is 3. The highest BCUT2D eigenvalue weighted by molar-refractivity contribution is 14.0. The fourth-order valence-electron chi connectivity index (χ4n) is 4.84. The average Bonchev–Trinajstić information content (AvgIpc) is 3.53. The molecule has 1 aliphatic carbocycles. The van der Waals surface area contributed by atoms with Crippen LogP contribution in [0, 0.1) is 0 Å². The predicted molar refractivity (Wildman–Crippen MR) is 144 cm³/mol. The maximum absolute atomic E-state index is 12.3. The van der Waals surface area contributed by atoms with Gasteiger partial charge in [0.2, 0.25) is 0 Å². The van der Waals surface area contributed by atoms with Gasteiger partial charge in [0, 0.05) is 37.8 Å². The number of benzene rings is 2. The molecule has 6 nitrogen and oxygen atoms in total. The third-order valence-corrected chi connectivity index (χ3v) is 6.64. The molecule has 0 aromatic heterocycles. The Morgan fingerprint density at radius 1 is 1.06 bits per heavy atom. The van der Waals surface area contributed by atoms with Crippen LogP contribution in [0.5, 0.6) is 0 Å². The van der Waals surface area contributed by atoms with Gasteiger partial charge in [-0.2, -0.15) is 0 Å². The predicted octanol–water partition coefficient (Wildman–Crippen LogP) is 4.60. The molecule has 0 bridgehead atoms. The van der Waals surface area contributed by atoms with Crippen molar-refractivity contribution in [3.05, 3.63) is 65.7 Å². The normalized spacial score (nSPS) is 19.5. The van der Waals surface area contributed by atoms with Crippen molar-refractivity contribution in [2.24, 2.45) is 4.99 Å². The smallest absolute Gasteiger partial charge is 0.253 e. The Morgan fingerprint density at radius 2 is 1.85 bits per heavy atom. The van der Waals surface area contributed by atoms with E-state index in [1.54, 1.807) is 7.05 Å². The number of nitrogens with zero attached hydrogens (tertiary/aromatic N) is 1. The average molecular weight is 562 g/mol. The summed E-state index contributed by atoms with van der Waals surface area (Å²) in [5.41, 5.74) is 3.46. The first-order valence-electron chi connectivity index (χ1n) is 11.7. The monoisotopic (exact) mass is 562 g/mol. The van der Waals surface area contributed by atoms with Gasteiger partial charge in [-0.1, -0.05) is 55.3 Å². The van der Waals surface area contributed by atoms with Gasteiger partial charge in [0.15, 0.2) is 5.96 Å². The van der Waals surface area contributed by atoms with E-state index in [-0.39, 0.29) is 41.4 Å². The van der Waals surface area contributed by atoms with Gasteiger partial charge in [0.05, 0.1) is 0 Å². The molecule has 0 radical (unpaired) electrons. The number of hydrogen-bond donors (Lipinski definition) is 3. The molecule has 1 saturated heterocycles. The molecule has 1 heterocycles. The molecule has 2 aromatic rings. The van der Waals surface area contributed by atoms with Gasteiger partial charge in [-0.15, -0.1) is 24.0 Å². The van der Waals surface area contributed by atoms with Crippen LogP contribution in [0.15, 0.2) is 59.6 Å². The lowest BCUT2D eigenvalue weighted by molar-refractivity contribution is -0.124. The van der Waals surface area contributed by atoms with Crippen molar-refractivity contribution in [2.75, 3.05) is 25.5 Å². The van der Waals surface area contributed by atoms with Crippen LogP contribution >= 0.6 is 24.0 Å². The van der Waals surface area contributed by atoms with Crippen LogP contribution < -0.4 is 16.0 Å². The minimum absolute atomic E-state index is 0. The van der Waals surface area contributed by atoms with Gasteiger partial charge < -0.3 is 20.7 Å². The summed E-state index contributed by atoms with van der Waals surface area (Å²) in [5.74, 6) is 0.730. The van der Waals surface area contributed by atoms with E-state index in [2.05, 4.69) is 51.3 Å². The second-order valence-corrected chi connectivity index (χ2v) is 8.82. The third kappa shape index (κ3) is 6.69. The zero-order valence-electron chi connectivity index (χ0n) is 19.3. The van der Waals surface area contributed by atoms with Crippen molar-refractivity contribution in [3.63, 3.8) is 0 Å². The lowest BCUT2D eigenvalue weighted by Gasteiger charge is -2.30. The molecule has 2 fully saturated rings. The van der Waals surface area contributed by atoms with Crippen LogP contribution in [0.1, 0.15) is 49.7 Å². The number of anilines is 1. The Morgan fingerprint density at radius 3 is 2.55 bits per heavy atom. The van der Waals surface area contributed by atoms with E-state index in [0.717, 1.165) is 36.6 Å². The maximum atomic E-state index is 12.3. The fourth-order valence-corrected chi connectivity index (χ4v) is 4.84. The highest BCUT2D eigenvalue weighted by Gasteiger charge is 2.35. The number of carbonyl (C=O) groups excluding carboxylic acids is 1. The van der Waals surface area contributed by atoms with Crippen molar-refractivity contribution < 1.29 is 9.53 Å². The van der Waals surface area contributed by atoms with Crippen LogP contribution in [0.25, 0.3) is 0 Å². The number of rotatable bonds is 7. The van der Waals surface area contributed by atoms with Crippen LogP contribution in [0.4, 0.5) is 5.69 Å². The van der Waals surface area contributed by atoms with Crippen molar-refractivity contribution in [3.8, 4) is 0 Å². The van der Waals surface area contributed by atoms with Gasteiger partial charge in [-0.25, -0.2) is 0 Å². The maximum Gasteiger partial charge on any atom is 0.253 e. The topological polar surface area (TPSA) is 74.8 Å². The van der Waals surface area contributed by atoms with Gasteiger partial charge in [-0.3, -0.25) is 9.79 Å². The first-order valence-corrected chi connectivity index (χ1v) is 11.7. The fraction of sp³-hybridized carbons (Fsp3) is 0.462. The van der Waals surface area contributed by atoms with E-state index >= 15 is 0 Å². The molecule has 1 amide bonds. The number of halogens is 1. The SMILES string of the molecule is CN=C(NCc1cccc(NC(=O)C2CCCO2)c1)NCC1(c2ccccc2)CCCC1.I. The minimum atomic E-state index is -0.327. The second kappa shape index (κ2) is 12.4. The molecule has 0 spiro atoms. The van der Waals surface area contributed by atoms with Crippen LogP contribution in [0.3, 0.4) is 0 Å². The largest absolute Gasteiger partial charge is 0.368 e. The Labute approximate surface area is 214 Å². The number of guanidine groups is 1. The van der Waals surface area contributed by atoms with Crippen molar-refractivity contribution in [1.82, 2.24) is 10.6 Å². The Balaban J connectivity index is 0.00000306. The Kier molecular flexibility index (Phi) is 9.55. The molecule has 178 valence electrons. The lowest BCUT2D eigenvalue weighted by Crippen LogP contribution is -2.44. The van der Waals surface area contributed by atoms with Crippen LogP contribution in [0.2, 0.25) is 0 Å².